The molecule has 13 atom stereocenters. The van der Waals surface area contributed by atoms with Gasteiger partial charge in [0.1, 0.15) is 72.2 Å². The number of carboxylic acid groups (broad SMARTS) is 1. The van der Waals surface area contributed by atoms with Crippen molar-refractivity contribution in [2.75, 3.05) is 39.3 Å². The number of aromatic hydroxyl groups is 1. The topological polar surface area (TPSA) is 675 Å². The number of aliphatic imine (C=N–C) groups is 3. The van der Waals surface area contributed by atoms with Crippen molar-refractivity contribution in [3.8, 4) is 5.75 Å². The first kappa shape index (κ1) is 102. The zero-order chi connectivity index (χ0) is 87.0. The van der Waals surface area contributed by atoms with Crippen LogP contribution in [-0.2, 0) is 70.4 Å². The van der Waals surface area contributed by atoms with Gasteiger partial charge in [0.25, 0.3) is 0 Å². The standard InChI is InChI=1S/C78H136N24O14/c1-9-48(8)63(74(114)101-60(42-47(6)7)69(109)94-53(25-14-17-35-80)66(106)99-62(44-50-30-32-51(103)33-31-50)73(113)98-58(40-45(2)3)70(110)96-57(75(115)116)29-21-39-91-78(87)88)102-68(108)54(26-15-18-36-81)93-65(105)56(28-20-38-90-77(85)86)95-72(112)61(43-49-22-11-10-12-23-49)100-71(111)59(41-46(4)5)97-67(107)55(27-19-37-89-76(83)84)92-64(104)52(82)24-13-16-34-79/h10-12,22-23,30-33,45-48,52-63,103H,9,13-21,24-29,34-44,79-82H2,1-8H3,(H,92,104)(H,93,105)(H,94,109)(H,95,112)(H,96,110)(H,97,107)(H,98,113)(H,99,106)(H,100,111)(H,101,114)(H,102,108)(H,115,116)(H4,83,84,89)(H4,85,86,90)(H4,87,88,91)/t48-,52-,53-,54-,55-,56-,57-,58-,59-,60-,61-,62-,63-/m0/s1. The Kier molecular flexibility index (Phi) is 49.0. The third-order valence-electron chi connectivity index (χ3n) is 18.9. The number of carbonyl (C=O) groups excluding carboxylic acids is 11. The van der Waals surface area contributed by atoms with Crippen molar-refractivity contribution in [1.82, 2.24) is 58.5 Å². The second kappa shape index (κ2) is 55.9. The number of carboxylic acids is 1. The van der Waals surface area contributed by atoms with Crippen LogP contribution in [0.2, 0.25) is 0 Å². The molecule has 2 rings (SSSR count). The molecule has 0 bridgehead atoms. The lowest BCUT2D eigenvalue weighted by Gasteiger charge is -2.30. The van der Waals surface area contributed by atoms with E-state index in [0.29, 0.717) is 62.6 Å². The van der Waals surface area contributed by atoms with Crippen LogP contribution in [0.1, 0.15) is 189 Å². The molecule has 0 aliphatic rings. The summed E-state index contributed by atoms with van der Waals surface area (Å²) in [6.07, 6.45) is 3.32. The van der Waals surface area contributed by atoms with E-state index in [2.05, 4.69) is 73.5 Å². The molecule has 0 spiro atoms. The summed E-state index contributed by atoms with van der Waals surface area (Å²) in [6, 6.07) is -1.48. The van der Waals surface area contributed by atoms with Gasteiger partial charge >= 0.3 is 5.97 Å². The van der Waals surface area contributed by atoms with E-state index in [9.17, 15) is 67.7 Å². The van der Waals surface area contributed by atoms with E-state index in [0.717, 1.165) is 0 Å². The molecule has 2 aromatic rings. The SMILES string of the molecule is CC[C@H](C)[C@H](NC(=O)[C@H](CCCCN)NC(=O)[C@H](CCCN=C(N)N)NC(=O)[C@H](Cc1ccccc1)NC(=O)[C@H](CC(C)C)NC(=O)[C@H](CCCN=C(N)N)NC(=O)[C@@H](N)CCCCN)C(=O)N[C@@H](CC(C)C)C(=O)N[C@@H](CCCCN)C(=O)N[C@@H](Cc1ccc(O)cc1)C(=O)N[C@@H](CC(C)C)C(=O)N[C@@H](CCCN=C(N)N)C(=O)O. The monoisotopic (exact) mass is 1630 g/mol. The number of amides is 11. The first-order valence-corrected chi connectivity index (χ1v) is 40.3. The Morgan fingerprint density at radius 2 is 0.629 bits per heavy atom. The molecule has 0 aliphatic carbocycles. The maximum Gasteiger partial charge on any atom is 0.326 e. The van der Waals surface area contributed by atoms with E-state index in [1.807, 2.05) is 13.8 Å². The number of hydrogen-bond donors (Lipinski definition) is 23. The summed E-state index contributed by atoms with van der Waals surface area (Å²) in [5, 5.41) is 50.5. The molecular weight excluding hydrogens is 1500 g/mol. The highest BCUT2D eigenvalue weighted by molar-refractivity contribution is 6.00. The van der Waals surface area contributed by atoms with E-state index in [-0.39, 0.29) is 164 Å². The summed E-state index contributed by atoms with van der Waals surface area (Å²) in [4.78, 5) is 185. The van der Waals surface area contributed by atoms with Crippen LogP contribution < -0.4 is 116 Å². The van der Waals surface area contributed by atoms with Crippen molar-refractivity contribution in [1.29, 1.82) is 0 Å². The maximum absolute atomic E-state index is 15.0. The average molecular weight is 1630 g/mol. The summed E-state index contributed by atoms with van der Waals surface area (Å²) in [5.41, 5.74) is 58.1. The number of hydrogen-bond acceptors (Lipinski definition) is 20. The van der Waals surface area contributed by atoms with Crippen LogP contribution in [0, 0.1) is 23.7 Å². The highest BCUT2D eigenvalue weighted by Crippen LogP contribution is 2.19. The number of benzene rings is 2. The largest absolute Gasteiger partial charge is 0.508 e. The van der Waals surface area contributed by atoms with Gasteiger partial charge in [-0.15, -0.1) is 0 Å². The molecule has 652 valence electrons. The molecular formula is C78H136N24O14. The van der Waals surface area contributed by atoms with Gasteiger partial charge in [0.2, 0.25) is 65.0 Å². The number of phenolic OH excluding ortho intramolecular Hbond substituents is 1. The van der Waals surface area contributed by atoms with Crippen LogP contribution >= 0.6 is 0 Å². The molecule has 0 heterocycles. The Morgan fingerprint density at radius 3 is 0.974 bits per heavy atom. The number of rotatable bonds is 59. The number of nitrogens with one attached hydrogen (secondary N) is 11. The number of aliphatic carboxylic acids is 1. The van der Waals surface area contributed by atoms with Gasteiger partial charge in [0.05, 0.1) is 6.04 Å². The van der Waals surface area contributed by atoms with E-state index in [4.69, 9.17) is 57.3 Å². The molecule has 38 heteroatoms. The molecule has 0 radical (unpaired) electrons. The van der Waals surface area contributed by atoms with Gasteiger partial charge in [-0.2, -0.15) is 0 Å². The fourth-order valence-electron chi connectivity index (χ4n) is 12.4. The van der Waals surface area contributed by atoms with Crippen LogP contribution in [0.15, 0.2) is 69.6 Å². The quantitative estimate of drug-likeness (QED) is 0.0187. The molecule has 33 N–H and O–H groups in total. The molecule has 0 fully saturated rings. The van der Waals surface area contributed by atoms with Gasteiger partial charge in [0, 0.05) is 32.5 Å². The Bertz CT molecular complexity index is 3470. The number of nitrogens with zero attached hydrogens (tertiary/aromatic N) is 3. The molecule has 2 aromatic carbocycles. The molecule has 116 heavy (non-hydrogen) atoms. The summed E-state index contributed by atoms with van der Waals surface area (Å²) in [7, 11) is 0. The second-order valence-electron chi connectivity index (χ2n) is 30.6. The molecule has 0 aromatic heterocycles. The zero-order valence-electron chi connectivity index (χ0n) is 68.9. The van der Waals surface area contributed by atoms with Gasteiger partial charge in [-0.25, -0.2) is 4.79 Å². The normalized spacial score (nSPS) is 14.6. The van der Waals surface area contributed by atoms with E-state index in [1.165, 1.54) is 24.3 Å². The Balaban J connectivity index is 2.67. The molecule has 0 aliphatic heterocycles. The summed E-state index contributed by atoms with van der Waals surface area (Å²) < 4.78 is 0. The van der Waals surface area contributed by atoms with E-state index >= 15 is 0 Å². The smallest absolute Gasteiger partial charge is 0.326 e. The van der Waals surface area contributed by atoms with Crippen molar-refractivity contribution in [2.24, 2.45) is 96.0 Å². The Morgan fingerprint density at radius 1 is 0.345 bits per heavy atom. The maximum atomic E-state index is 15.0. The molecule has 11 amide bonds. The fraction of sp³-hybridized carbons (Fsp3) is 0.654. The predicted octanol–water partition coefficient (Wildman–Crippen LogP) is -2.35. The van der Waals surface area contributed by atoms with Crippen LogP contribution in [0.5, 0.6) is 5.75 Å². The van der Waals surface area contributed by atoms with Crippen molar-refractivity contribution in [3.63, 3.8) is 0 Å². The summed E-state index contributed by atoms with van der Waals surface area (Å²) in [5.74, 6) is -12.1. The third-order valence-corrected chi connectivity index (χ3v) is 18.9. The third kappa shape index (κ3) is 41.7. The average Bonchev–Trinajstić information content (AvgIpc) is 0.849. The van der Waals surface area contributed by atoms with Crippen LogP contribution in [0.25, 0.3) is 0 Å². The highest BCUT2D eigenvalue weighted by Gasteiger charge is 2.39. The number of phenols is 1. The lowest BCUT2D eigenvalue weighted by Crippen LogP contribution is -2.61. The van der Waals surface area contributed by atoms with Gasteiger partial charge in [-0.05, 0) is 176 Å². The minimum Gasteiger partial charge on any atom is -0.508 e. The Hall–Kier alpha value is -10.5. The van der Waals surface area contributed by atoms with Crippen LogP contribution in [0.4, 0.5) is 0 Å². The highest BCUT2D eigenvalue weighted by atomic mass is 16.4. The fourth-order valence-corrected chi connectivity index (χ4v) is 12.4. The lowest BCUT2D eigenvalue weighted by atomic mass is 9.95. The van der Waals surface area contributed by atoms with Crippen molar-refractivity contribution >= 4 is 88.8 Å². The van der Waals surface area contributed by atoms with Gasteiger partial charge in [0.15, 0.2) is 17.9 Å². The zero-order valence-corrected chi connectivity index (χ0v) is 68.9. The Labute approximate surface area is 681 Å². The second-order valence-corrected chi connectivity index (χ2v) is 30.6. The van der Waals surface area contributed by atoms with Gasteiger partial charge in [-0.3, -0.25) is 67.7 Å². The lowest BCUT2D eigenvalue weighted by molar-refractivity contribution is -0.142. The van der Waals surface area contributed by atoms with Gasteiger partial charge in [-0.1, -0.05) is 111 Å². The predicted molar refractivity (Wildman–Crippen MR) is 445 cm³/mol. The molecule has 0 unspecified atom stereocenters. The van der Waals surface area contributed by atoms with E-state index < -0.39 is 149 Å². The van der Waals surface area contributed by atoms with Crippen molar-refractivity contribution in [3.05, 3.63) is 65.7 Å². The van der Waals surface area contributed by atoms with Crippen LogP contribution in [0.3, 0.4) is 0 Å². The molecule has 38 nitrogen and oxygen atoms in total. The van der Waals surface area contributed by atoms with Crippen molar-refractivity contribution < 1.29 is 67.7 Å². The first-order valence-electron chi connectivity index (χ1n) is 40.3. The number of guanidine groups is 3. The number of unbranched alkanes of at least 4 members (excludes halogenated alkanes) is 3. The molecule has 0 saturated carbocycles. The van der Waals surface area contributed by atoms with Crippen LogP contribution in [-0.4, -0.2) is 211 Å². The summed E-state index contributed by atoms with van der Waals surface area (Å²) >= 11 is 0. The summed E-state index contributed by atoms with van der Waals surface area (Å²) in [6.45, 7) is 15.3. The number of nitrogens with two attached hydrogens (primary N) is 10. The van der Waals surface area contributed by atoms with E-state index in [1.54, 1.807) is 71.9 Å². The first-order chi connectivity index (χ1) is 54.9. The van der Waals surface area contributed by atoms with Crippen molar-refractivity contribution in [2.45, 2.75) is 263 Å². The number of carbonyl (C=O) groups is 12. The minimum atomic E-state index is -1.45. The minimum absolute atomic E-state index is 0.00164. The molecule has 0 saturated heterocycles. The van der Waals surface area contributed by atoms with Gasteiger partial charge < -0.3 is 126 Å².